The van der Waals surface area contributed by atoms with Gasteiger partial charge in [0.1, 0.15) is 12.1 Å². The molecule has 0 fully saturated rings. The van der Waals surface area contributed by atoms with Gasteiger partial charge >= 0.3 is 11.9 Å². The predicted molar refractivity (Wildman–Crippen MR) is 83.1 cm³/mol. The van der Waals surface area contributed by atoms with E-state index in [-0.39, 0.29) is 12.8 Å². The number of hydrogen-bond donors (Lipinski definition) is 5. The molecule has 0 radical (unpaired) electrons. The third-order valence-electron chi connectivity index (χ3n) is 3.37. The van der Waals surface area contributed by atoms with Gasteiger partial charge in [0.25, 0.3) is 0 Å². The summed E-state index contributed by atoms with van der Waals surface area (Å²) in [7, 11) is 0. The highest BCUT2D eigenvalue weighted by atomic mass is 16.4. The molecule has 1 aromatic carbocycles. The van der Waals surface area contributed by atoms with Gasteiger partial charge in [-0.05, 0) is 11.6 Å². The van der Waals surface area contributed by atoms with Crippen LogP contribution in [0.5, 0.6) is 0 Å². The Kier molecular flexibility index (Phi) is 5.32. The first-order chi connectivity index (χ1) is 11.0. The van der Waals surface area contributed by atoms with Crippen LogP contribution in [0.1, 0.15) is 11.3 Å². The number of imidazole rings is 1. The summed E-state index contributed by atoms with van der Waals surface area (Å²) < 4.78 is 0. The first kappa shape index (κ1) is 16.5. The molecule has 6 N–H and O–H groups in total. The summed E-state index contributed by atoms with van der Waals surface area (Å²) in [5.74, 6) is -2.13. The highest BCUT2D eigenvalue weighted by molar-refractivity contribution is 5.78. The summed E-state index contributed by atoms with van der Waals surface area (Å²) in [6.07, 6.45) is 3.41. The smallest absolute Gasteiger partial charge is 0.326 e. The average Bonchev–Trinajstić information content (AvgIpc) is 3.01. The minimum Gasteiger partial charge on any atom is -0.480 e. The second kappa shape index (κ2) is 7.41. The molecule has 0 saturated heterocycles. The molecule has 2 aromatic rings. The number of carbonyl (C=O) groups is 2. The molecule has 0 unspecified atom stereocenters. The molecule has 1 aromatic heterocycles. The van der Waals surface area contributed by atoms with Crippen molar-refractivity contribution < 1.29 is 19.8 Å². The second-order valence-corrected chi connectivity index (χ2v) is 5.11. The molecule has 0 saturated carbocycles. The summed E-state index contributed by atoms with van der Waals surface area (Å²) in [4.78, 5) is 29.1. The first-order valence-electron chi connectivity index (χ1n) is 7.00. The zero-order valence-electron chi connectivity index (χ0n) is 12.3. The molecule has 1 heterocycles. The van der Waals surface area contributed by atoms with Crippen molar-refractivity contribution in [3.63, 3.8) is 0 Å². The van der Waals surface area contributed by atoms with Crippen molar-refractivity contribution >= 4 is 17.6 Å². The lowest BCUT2D eigenvalue weighted by Crippen LogP contribution is -2.34. The Morgan fingerprint density at radius 2 is 1.96 bits per heavy atom. The lowest BCUT2D eigenvalue weighted by Gasteiger charge is -2.18. The molecule has 2 atom stereocenters. The second-order valence-electron chi connectivity index (χ2n) is 5.11. The summed E-state index contributed by atoms with van der Waals surface area (Å²) in [6, 6.07) is 4.97. The number of carboxylic acids is 2. The molecule has 0 spiro atoms. The van der Waals surface area contributed by atoms with E-state index < -0.39 is 24.0 Å². The van der Waals surface area contributed by atoms with Crippen LogP contribution in [0.2, 0.25) is 0 Å². The quantitative estimate of drug-likeness (QED) is 0.476. The van der Waals surface area contributed by atoms with Gasteiger partial charge in [-0.25, -0.2) is 9.78 Å². The number of anilines is 1. The van der Waals surface area contributed by atoms with Crippen LogP contribution in [-0.4, -0.2) is 44.2 Å². The van der Waals surface area contributed by atoms with Crippen LogP contribution in [0.25, 0.3) is 0 Å². The van der Waals surface area contributed by atoms with Crippen molar-refractivity contribution in [3.8, 4) is 0 Å². The fourth-order valence-corrected chi connectivity index (χ4v) is 2.16. The van der Waals surface area contributed by atoms with Crippen LogP contribution in [0.15, 0.2) is 36.8 Å². The van der Waals surface area contributed by atoms with Crippen LogP contribution in [0, 0.1) is 0 Å². The highest BCUT2D eigenvalue weighted by Gasteiger charge is 2.21. The lowest BCUT2D eigenvalue weighted by molar-refractivity contribution is -0.139. The number of nitrogens with zero attached hydrogens (tertiary/aromatic N) is 1. The number of hydrogen-bond acceptors (Lipinski definition) is 5. The number of rotatable bonds is 8. The molecule has 8 nitrogen and oxygen atoms in total. The lowest BCUT2D eigenvalue weighted by atomic mass is 10.0. The van der Waals surface area contributed by atoms with Crippen LogP contribution in [0.3, 0.4) is 0 Å². The van der Waals surface area contributed by atoms with E-state index >= 15 is 0 Å². The van der Waals surface area contributed by atoms with E-state index in [0.29, 0.717) is 16.9 Å². The molecule has 0 bridgehead atoms. The molecule has 122 valence electrons. The number of aromatic nitrogens is 2. The summed E-state index contributed by atoms with van der Waals surface area (Å²) in [5, 5.41) is 21.2. The van der Waals surface area contributed by atoms with Gasteiger partial charge in [-0.1, -0.05) is 18.2 Å². The molecule has 0 amide bonds. The molecule has 0 aliphatic heterocycles. The maximum absolute atomic E-state index is 11.5. The Balaban J connectivity index is 2.16. The summed E-state index contributed by atoms with van der Waals surface area (Å²) in [6.45, 7) is 0. The van der Waals surface area contributed by atoms with Crippen LogP contribution in [0.4, 0.5) is 5.69 Å². The summed E-state index contributed by atoms with van der Waals surface area (Å²) in [5.41, 5.74) is 7.37. The number of nitrogens with one attached hydrogen (secondary N) is 2. The Bertz CT molecular complexity index is 672. The molecule has 0 aliphatic carbocycles. The van der Waals surface area contributed by atoms with Crippen LogP contribution in [-0.2, 0) is 22.4 Å². The van der Waals surface area contributed by atoms with Crippen LogP contribution >= 0.6 is 0 Å². The van der Waals surface area contributed by atoms with Gasteiger partial charge in [-0.15, -0.1) is 0 Å². The molecule has 2 rings (SSSR count). The van der Waals surface area contributed by atoms with E-state index in [2.05, 4.69) is 15.3 Å². The van der Waals surface area contributed by atoms with Gasteiger partial charge in [0.15, 0.2) is 0 Å². The number of carboxylic acid groups (broad SMARTS) is 2. The van der Waals surface area contributed by atoms with Crippen molar-refractivity contribution in [2.75, 3.05) is 5.32 Å². The van der Waals surface area contributed by atoms with Gasteiger partial charge in [0.2, 0.25) is 0 Å². The van der Waals surface area contributed by atoms with Crippen molar-refractivity contribution in [1.29, 1.82) is 0 Å². The van der Waals surface area contributed by atoms with Crippen molar-refractivity contribution in [2.24, 2.45) is 5.73 Å². The Labute approximate surface area is 132 Å². The maximum Gasteiger partial charge on any atom is 0.326 e. The number of nitrogens with two attached hydrogens (primary N) is 1. The minimum absolute atomic E-state index is 0.104. The predicted octanol–water partition coefficient (Wildman–Crippen LogP) is 0.472. The number of aromatic amines is 1. The topological polar surface area (TPSA) is 141 Å². The standard InChI is InChI=1S/C15H18N4O4/c16-11(14(20)21)5-9-3-1-2-4-12(9)19-13(15(22)23)6-10-7-17-8-18-10/h1-4,7-8,11,13,19H,5-6,16H2,(H,17,18)(H,20,21)(H,22,23)/t11-,13-/m0/s1. The van der Waals surface area contributed by atoms with Gasteiger partial charge in [0.05, 0.1) is 12.0 Å². The van der Waals surface area contributed by atoms with E-state index in [1.807, 2.05) is 0 Å². The SMILES string of the molecule is N[C@@H](Cc1ccccc1N[C@@H](Cc1c[nH]cn1)C(=O)O)C(=O)O. The zero-order chi connectivity index (χ0) is 16.8. The van der Waals surface area contributed by atoms with Crippen molar-refractivity contribution in [3.05, 3.63) is 48.0 Å². The van der Waals surface area contributed by atoms with Crippen LogP contribution < -0.4 is 11.1 Å². The van der Waals surface area contributed by atoms with Gasteiger partial charge in [-0.3, -0.25) is 4.79 Å². The number of H-pyrrole nitrogens is 1. The molecule has 0 aliphatic rings. The normalized spacial score (nSPS) is 13.3. The van der Waals surface area contributed by atoms with Crippen molar-refractivity contribution in [1.82, 2.24) is 9.97 Å². The zero-order valence-corrected chi connectivity index (χ0v) is 12.3. The third kappa shape index (κ3) is 4.55. The van der Waals surface area contributed by atoms with Gasteiger partial charge < -0.3 is 26.2 Å². The molecular weight excluding hydrogens is 300 g/mol. The number of benzene rings is 1. The maximum atomic E-state index is 11.5. The van der Waals surface area contributed by atoms with Crippen molar-refractivity contribution in [2.45, 2.75) is 24.9 Å². The highest BCUT2D eigenvalue weighted by Crippen LogP contribution is 2.19. The fraction of sp³-hybridized carbons (Fsp3) is 0.267. The number of aliphatic carboxylic acids is 2. The molecule has 23 heavy (non-hydrogen) atoms. The van der Waals surface area contributed by atoms with E-state index in [0.717, 1.165) is 0 Å². The molecular formula is C15H18N4O4. The first-order valence-corrected chi connectivity index (χ1v) is 7.00. The Morgan fingerprint density at radius 3 is 2.57 bits per heavy atom. The van der Waals surface area contributed by atoms with E-state index in [1.165, 1.54) is 6.33 Å². The number of para-hydroxylation sites is 1. The van der Waals surface area contributed by atoms with E-state index in [9.17, 15) is 14.7 Å². The average molecular weight is 318 g/mol. The summed E-state index contributed by atoms with van der Waals surface area (Å²) >= 11 is 0. The Hall–Kier alpha value is -2.87. The largest absolute Gasteiger partial charge is 0.480 e. The minimum atomic E-state index is -1.11. The monoisotopic (exact) mass is 318 g/mol. The Morgan fingerprint density at radius 1 is 1.22 bits per heavy atom. The molecule has 8 heteroatoms. The third-order valence-corrected chi connectivity index (χ3v) is 3.37. The fourth-order valence-electron chi connectivity index (χ4n) is 2.16. The van der Waals surface area contributed by atoms with E-state index in [1.54, 1.807) is 30.5 Å². The van der Waals surface area contributed by atoms with E-state index in [4.69, 9.17) is 10.8 Å². The van der Waals surface area contributed by atoms with Gasteiger partial charge in [0, 0.05) is 24.7 Å². The van der Waals surface area contributed by atoms with Gasteiger partial charge in [-0.2, -0.15) is 0 Å².